The summed E-state index contributed by atoms with van der Waals surface area (Å²) in [6.07, 6.45) is 4.21. The Hall–Kier alpha value is -1.47. The van der Waals surface area contributed by atoms with E-state index in [-0.39, 0.29) is 11.2 Å². The highest BCUT2D eigenvalue weighted by molar-refractivity contribution is 7.90. The van der Waals surface area contributed by atoms with E-state index in [1.54, 1.807) is 0 Å². The van der Waals surface area contributed by atoms with Gasteiger partial charge in [-0.2, -0.15) is 0 Å². The summed E-state index contributed by atoms with van der Waals surface area (Å²) in [6, 6.07) is 8.23. The molecule has 0 spiro atoms. The molecule has 1 aliphatic carbocycles. The van der Waals surface area contributed by atoms with Crippen LogP contribution < -0.4 is 15.5 Å². The average Bonchev–Trinajstić information content (AvgIpc) is 3.16. The van der Waals surface area contributed by atoms with Crippen LogP contribution >= 0.6 is 11.6 Å². The quantitative estimate of drug-likeness (QED) is 0.531. The van der Waals surface area contributed by atoms with Gasteiger partial charge in [0.25, 0.3) is 0 Å². The van der Waals surface area contributed by atoms with Gasteiger partial charge in [-0.25, -0.2) is 8.42 Å². The third-order valence-electron chi connectivity index (χ3n) is 5.14. The van der Waals surface area contributed by atoms with Crippen molar-refractivity contribution in [3.8, 4) is 0 Å². The minimum atomic E-state index is -2.97. The lowest BCUT2D eigenvalue weighted by atomic mass is 10.1. The predicted octanol–water partition coefficient (Wildman–Crippen LogP) is 2.30. The Morgan fingerprint density at radius 2 is 2.19 bits per heavy atom. The topological polar surface area (TPSA) is 73.8 Å². The van der Waals surface area contributed by atoms with Crippen molar-refractivity contribution in [1.29, 1.82) is 0 Å². The van der Waals surface area contributed by atoms with Crippen molar-refractivity contribution < 1.29 is 8.42 Å². The first kappa shape index (κ1) is 20.3. The first-order chi connectivity index (χ1) is 12.8. The van der Waals surface area contributed by atoms with Crippen LogP contribution in [0.4, 0.5) is 5.69 Å². The summed E-state index contributed by atoms with van der Waals surface area (Å²) in [5.74, 6) is 1.00. The normalized spacial score (nSPS) is 22.0. The molecule has 2 N–H and O–H groups in total. The van der Waals surface area contributed by atoms with E-state index in [2.05, 4.69) is 21.6 Å². The Labute approximate surface area is 167 Å². The van der Waals surface area contributed by atoms with Crippen LogP contribution in [0, 0.1) is 5.41 Å². The summed E-state index contributed by atoms with van der Waals surface area (Å²) in [7, 11) is -2.97. The van der Waals surface area contributed by atoms with Crippen molar-refractivity contribution in [1.82, 2.24) is 10.6 Å². The number of rotatable bonds is 7. The van der Waals surface area contributed by atoms with Gasteiger partial charge in [-0.3, -0.25) is 4.99 Å². The molecule has 0 radical (unpaired) electrons. The zero-order valence-electron chi connectivity index (χ0n) is 16.0. The zero-order chi connectivity index (χ0) is 19.5. The third-order valence-corrected chi connectivity index (χ3v) is 6.52. The Kier molecular flexibility index (Phi) is 6.21. The minimum Gasteiger partial charge on any atom is -0.369 e. The molecule has 1 saturated heterocycles. The van der Waals surface area contributed by atoms with E-state index < -0.39 is 9.84 Å². The van der Waals surface area contributed by atoms with Gasteiger partial charge in [-0.05, 0) is 44.4 Å². The van der Waals surface area contributed by atoms with Gasteiger partial charge in [-0.1, -0.05) is 17.7 Å². The molecule has 1 heterocycles. The maximum absolute atomic E-state index is 11.6. The third kappa shape index (κ3) is 6.01. The van der Waals surface area contributed by atoms with Crippen molar-refractivity contribution >= 4 is 33.1 Å². The van der Waals surface area contributed by atoms with E-state index in [1.165, 1.54) is 6.26 Å². The fourth-order valence-corrected chi connectivity index (χ4v) is 5.30. The number of hydrogen-bond acceptors (Lipinski definition) is 4. The molecule has 1 unspecified atom stereocenters. The molecule has 0 aromatic heterocycles. The highest BCUT2D eigenvalue weighted by Gasteiger charge is 2.45. The van der Waals surface area contributed by atoms with Gasteiger partial charge in [0, 0.05) is 54.6 Å². The van der Waals surface area contributed by atoms with Crippen LogP contribution in [0.25, 0.3) is 0 Å². The molecule has 1 atom stereocenters. The second-order valence-electron chi connectivity index (χ2n) is 7.82. The molecule has 0 bridgehead atoms. The summed E-state index contributed by atoms with van der Waals surface area (Å²) in [5.41, 5.74) is 0.983. The molecule has 6 nitrogen and oxygen atoms in total. The standard InChI is InChI=1S/C19H29ClN4O2S/c1-3-21-18(22-13-19(8-9-19)14-27(2,25)26)23-16-7-10-24(12-16)17-6-4-5-15(20)11-17/h4-6,11,16H,3,7-10,12-14H2,1-2H3,(H2,21,22,23). The van der Waals surface area contributed by atoms with Crippen LogP contribution in [0.5, 0.6) is 0 Å². The summed E-state index contributed by atoms with van der Waals surface area (Å²) in [4.78, 5) is 7.02. The number of nitrogens with zero attached hydrogens (tertiary/aromatic N) is 2. The number of sulfone groups is 1. The molecule has 8 heteroatoms. The molecule has 1 aromatic rings. The molecule has 1 aliphatic heterocycles. The lowest BCUT2D eigenvalue weighted by Gasteiger charge is -2.21. The van der Waals surface area contributed by atoms with E-state index in [9.17, 15) is 8.42 Å². The SMILES string of the molecule is CCNC(=NCC1(CS(C)(=O)=O)CC1)NC1CCN(c2cccc(Cl)c2)C1. The Balaban J connectivity index is 1.58. The van der Waals surface area contributed by atoms with E-state index >= 15 is 0 Å². The molecule has 150 valence electrons. The molecule has 1 aromatic carbocycles. The van der Waals surface area contributed by atoms with Crippen molar-refractivity contribution in [2.24, 2.45) is 10.4 Å². The maximum Gasteiger partial charge on any atom is 0.191 e. The zero-order valence-corrected chi connectivity index (χ0v) is 17.6. The maximum atomic E-state index is 11.6. The monoisotopic (exact) mass is 412 g/mol. The lowest BCUT2D eigenvalue weighted by molar-refractivity contribution is 0.548. The van der Waals surface area contributed by atoms with E-state index in [0.717, 1.165) is 55.6 Å². The number of benzene rings is 1. The Morgan fingerprint density at radius 3 is 2.81 bits per heavy atom. The fraction of sp³-hybridized carbons (Fsp3) is 0.632. The summed E-state index contributed by atoms with van der Waals surface area (Å²) in [6.45, 7) is 5.22. The number of hydrogen-bond donors (Lipinski definition) is 2. The number of aliphatic imine (C=N–C) groups is 1. The summed E-state index contributed by atoms with van der Waals surface area (Å²) < 4.78 is 23.3. The van der Waals surface area contributed by atoms with Crippen LogP contribution in [0.15, 0.2) is 29.3 Å². The van der Waals surface area contributed by atoms with Crippen molar-refractivity contribution in [3.05, 3.63) is 29.3 Å². The van der Waals surface area contributed by atoms with Gasteiger partial charge < -0.3 is 15.5 Å². The summed E-state index contributed by atoms with van der Waals surface area (Å²) in [5, 5.41) is 7.54. The van der Waals surface area contributed by atoms with Crippen LogP contribution in [0.2, 0.25) is 5.02 Å². The van der Waals surface area contributed by atoms with E-state index in [1.807, 2.05) is 25.1 Å². The fourth-order valence-electron chi connectivity index (χ4n) is 3.63. The van der Waals surface area contributed by atoms with Crippen LogP contribution in [0.1, 0.15) is 26.2 Å². The van der Waals surface area contributed by atoms with Gasteiger partial charge in [0.05, 0.1) is 5.75 Å². The largest absolute Gasteiger partial charge is 0.369 e. The second kappa shape index (κ2) is 8.27. The highest BCUT2D eigenvalue weighted by Crippen LogP contribution is 2.46. The first-order valence-electron chi connectivity index (χ1n) is 9.52. The number of guanidine groups is 1. The van der Waals surface area contributed by atoms with Gasteiger partial charge in [0.15, 0.2) is 5.96 Å². The molecule has 3 rings (SSSR count). The van der Waals surface area contributed by atoms with E-state index in [4.69, 9.17) is 16.6 Å². The van der Waals surface area contributed by atoms with Crippen molar-refractivity contribution in [2.75, 3.05) is 43.1 Å². The van der Waals surface area contributed by atoms with Crippen LogP contribution in [-0.2, 0) is 9.84 Å². The van der Waals surface area contributed by atoms with Crippen molar-refractivity contribution in [3.63, 3.8) is 0 Å². The molecule has 2 aliphatic rings. The minimum absolute atomic E-state index is 0.154. The molecule has 0 amide bonds. The van der Waals surface area contributed by atoms with Crippen molar-refractivity contribution in [2.45, 2.75) is 32.2 Å². The predicted molar refractivity (Wildman–Crippen MR) is 113 cm³/mol. The lowest BCUT2D eigenvalue weighted by Crippen LogP contribution is -2.45. The second-order valence-corrected chi connectivity index (χ2v) is 10.4. The Bertz CT molecular complexity index is 793. The van der Waals surface area contributed by atoms with Gasteiger partial charge >= 0.3 is 0 Å². The smallest absolute Gasteiger partial charge is 0.191 e. The van der Waals surface area contributed by atoms with E-state index in [0.29, 0.717) is 12.6 Å². The number of halogens is 1. The average molecular weight is 413 g/mol. The van der Waals surface area contributed by atoms with Gasteiger partial charge in [0.2, 0.25) is 0 Å². The molecule has 1 saturated carbocycles. The Morgan fingerprint density at radius 1 is 1.41 bits per heavy atom. The summed E-state index contributed by atoms with van der Waals surface area (Å²) >= 11 is 6.11. The highest BCUT2D eigenvalue weighted by atomic mass is 35.5. The van der Waals surface area contributed by atoms with Gasteiger partial charge in [-0.15, -0.1) is 0 Å². The first-order valence-corrected chi connectivity index (χ1v) is 12.0. The van der Waals surface area contributed by atoms with Gasteiger partial charge in [0.1, 0.15) is 9.84 Å². The molecule has 27 heavy (non-hydrogen) atoms. The number of nitrogens with one attached hydrogen (secondary N) is 2. The number of anilines is 1. The molecule has 2 fully saturated rings. The molecular formula is C19H29ClN4O2S. The molecular weight excluding hydrogens is 384 g/mol. The van der Waals surface area contributed by atoms with Crippen LogP contribution in [-0.4, -0.2) is 58.6 Å². The van der Waals surface area contributed by atoms with Crippen LogP contribution in [0.3, 0.4) is 0 Å².